The Morgan fingerprint density at radius 1 is 1.10 bits per heavy atom. The molecular formula is C22H23NO6. The number of aliphatic carboxylic acids is 1. The molecule has 152 valence electrons. The molecule has 3 heterocycles. The summed E-state index contributed by atoms with van der Waals surface area (Å²) in [5, 5.41) is 11.0. The lowest BCUT2D eigenvalue weighted by Crippen LogP contribution is -2.43. The summed E-state index contributed by atoms with van der Waals surface area (Å²) in [4.78, 5) is 38.2. The molecular weight excluding hydrogens is 374 g/mol. The van der Waals surface area contributed by atoms with Crippen LogP contribution in [0.2, 0.25) is 0 Å². The summed E-state index contributed by atoms with van der Waals surface area (Å²) >= 11 is 0. The van der Waals surface area contributed by atoms with Crippen molar-refractivity contribution in [2.24, 2.45) is 5.92 Å². The number of hydrogen-bond acceptors (Lipinski definition) is 5. The van der Waals surface area contributed by atoms with Crippen molar-refractivity contribution in [3.05, 3.63) is 45.0 Å². The average Bonchev–Trinajstić information content (AvgIpc) is 2.97. The van der Waals surface area contributed by atoms with Gasteiger partial charge in [-0.05, 0) is 50.8 Å². The lowest BCUT2D eigenvalue weighted by Gasteiger charge is -2.30. The van der Waals surface area contributed by atoms with E-state index in [0.717, 1.165) is 22.1 Å². The van der Waals surface area contributed by atoms with E-state index in [1.165, 1.54) is 4.90 Å². The van der Waals surface area contributed by atoms with Gasteiger partial charge in [-0.3, -0.25) is 9.59 Å². The zero-order chi connectivity index (χ0) is 20.9. The molecule has 1 fully saturated rings. The second kappa shape index (κ2) is 7.06. The van der Waals surface area contributed by atoms with Crippen LogP contribution in [-0.4, -0.2) is 35.0 Å². The van der Waals surface area contributed by atoms with Gasteiger partial charge in [-0.25, -0.2) is 4.79 Å². The van der Waals surface area contributed by atoms with Crippen molar-refractivity contribution in [3.63, 3.8) is 0 Å². The lowest BCUT2D eigenvalue weighted by molar-refractivity contribution is -0.145. The highest BCUT2D eigenvalue weighted by molar-refractivity contribution is 5.97. The van der Waals surface area contributed by atoms with Gasteiger partial charge < -0.3 is 18.8 Å². The van der Waals surface area contributed by atoms with Crippen LogP contribution >= 0.6 is 0 Å². The number of piperidine rings is 1. The molecule has 4 rings (SSSR count). The summed E-state index contributed by atoms with van der Waals surface area (Å²) < 4.78 is 11.2. The number of amides is 1. The molecule has 1 aromatic carbocycles. The Morgan fingerprint density at radius 3 is 2.52 bits per heavy atom. The van der Waals surface area contributed by atoms with Crippen LogP contribution in [0.3, 0.4) is 0 Å². The molecule has 7 nitrogen and oxygen atoms in total. The highest BCUT2D eigenvalue weighted by atomic mass is 16.4. The predicted octanol–water partition coefficient (Wildman–Crippen LogP) is 3.33. The molecule has 1 amide bonds. The number of carboxylic acid groups (broad SMARTS) is 1. The molecule has 0 aliphatic carbocycles. The van der Waals surface area contributed by atoms with Crippen LogP contribution in [0.1, 0.15) is 35.3 Å². The molecule has 7 heteroatoms. The summed E-state index contributed by atoms with van der Waals surface area (Å²) in [6.07, 6.45) is 1.11. The fraction of sp³-hybridized carbons (Fsp3) is 0.409. The minimum atomic E-state index is -0.890. The Bertz CT molecular complexity index is 1200. The SMILES string of the molecule is Cc1oc2cc3oc(=O)c(CC(=O)N4CCCC(C(=O)O)C4)c(C)c3cc2c1C. The summed E-state index contributed by atoms with van der Waals surface area (Å²) in [5.41, 5.74) is 2.59. The fourth-order valence-electron chi connectivity index (χ4n) is 4.10. The third-order valence-corrected chi connectivity index (χ3v) is 6.03. The van der Waals surface area contributed by atoms with E-state index < -0.39 is 17.5 Å². The number of nitrogens with zero attached hydrogens (tertiary/aromatic N) is 1. The first-order valence-corrected chi connectivity index (χ1v) is 9.73. The normalized spacial score (nSPS) is 17.2. The number of rotatable bonds is 3. The van der Waals surface area contributed by atoms with Gasteiger partial charge in [-0.15, -0.1) is 0 Å². The van der Waals surface area contributed by atoms with Crippen molar-refractivity contribution < 1.29 is 23.5 Å². The van der Waals surface area contributed by atoms with Crippen molar-refractivity contribution in [1.29, 1.82) is 0 Å². The molecule has 2 aromatic heterocycles. The van der Waals surface area contributed by atoms with E-state index in [9.17, 15) is 19.5 Å². The topological polar surface area (TPSA) is 101 Å². The predicted molar refractivity (Wildman–Crippen MR) is 107 cm³/mol. The highest BCUT2D eigenvalue weighted by Gasteiger charge is 2.29. The van der Waals surface area contributed by atoms with Gasteiger partial charge in [-0.2, -0.15) is 0 Å². The average molecular weight is 397 g/mol. The standard InChI is InChI=1S/C22H23NO6/c1-11-13(3)28-18-9-19-16(7-15(11)18)12(2)17(22(27)29-19)8-20(24)23-6-4-5-14(10-23)21(25)26/h7,9,14H,4-6,8,10H2,1-3H3,(H,25,26). The number of carbonyl (C=O) groups is 2. The first-order valence-electron chi connectivity index (χ1n) is 9.73. The van der Waals surface area contributed by atoms with E-state index >= 15 is 0 Å². The Morgan fingerprint density at radius 2 is 1.79 bits per heavy atom. The molecule has 0 saturated carbocycles. The third-order valence-electron chi connectivity index (χ3n) is 6.03. The first-order chi connectivity index (χ1) is 13.8. The summed E-state index contributed by atoms with van der Waals surface area (Å²) in [6, 6.07) is 3.65. The monoisotopic (exact) mass is 397 g/mol. The van der Waals surface area contributed by atoms with Gasteiger partial charge in [0.2, 0.25) is 5.91 Å². The molecule has 1 unspecified atom stereocenters. The van der Waals surface area contributed by atoms with Crippen LogP contribution in [0.4, 0.5) is 0 Å². The first kappa shape index (κ1) is 19.2. The van der Waals surface area contributed by atoms with Crippen molar-refractivity contribution in [2.75, 3.05) is 13.1 Å². The minimum absolute atomic E-state index is 0.0993. The largest absolute Gasteiger partial charge is 0.481 e. The maximum atomic E-state index is 12.8. The van der Waals surface area contributed by atoms with Crippen molar-refractivity contribution in [2.45, 2.75) is 40.0 Å². The van der Waals surface area contributed by atoms with E-state index in [2.05, 4.69) is 0 Å². The van der Waals surface area contributed by atoms with Crippen LogP contribution < -0.4 is 5.63 Å². The Labute approximate surface area is 166 Å². The number of carboxylic acids is 1. The van der Waals surface area contributed by atoms with Crippen LogP contribution in [0.5, 0.6) is 0 Å². The summed E-state index contributed by atoms with van der Waals surface area (Å²) in [5.74, 6) is -0.882. The molecule has 0 radical (unpaired) electrons. The number of benzene rings is 1. The molecule has 29 heavy (non-hydrogen) atoms. The third kappa shape index (κ3) is 3.30. The molecule has 3 aromatic rings. The van der Waals surface area contributed by atoms with E-state index in [-0.39, 0.29) is 18.9 Å². The van der Waals surface area contributed by atoms with Crippen LogP contribution in [0, 0.1) is 26.7 Å². The Balaban J connectivity index is 1.71. The van der Waals surface area contributed by atoms with Crippen LogP contribution in [-0.2, 0) is 16.0 Å². The van der Waals surface area contributed by atoms with E-state index in [1.807, 2.05) is 26.8 Å². The van der Waals surface area contributed by atoms with E-state index in [4.69, 9.17) is 8.83 Å². The fourth-order valence-corrected chi connectivity index (χ4v) is 4.10. The Kier molecular flexibility index (Phi) is 4.68. The van der Waals surface area contributed by atoms with Gasteiger partial charge >= 0.3 is 11.6 Å². The van der Waals surface area contributed by atoms with Crippen molar-refractivity contribution in [1.82, 2.24) is 4.90 Å². The van der Waals surface area contributed by atoms with Gasteiger partial charge in [0.25, 0.3) is 0 Å². The van der Waals surface area contributed by atoms with Gasteiger partial charge in [0.1, 0.15) is 16.9 Å². The summed E-state index contributed by atoms with van der Waals surface area (Å²) in [7, 11) is 0. The minimum Gasteiger partial charge on any atom is -0.481 e. The smallest absolute Gasteiger partial charge is 0.340 e. The molecule has 1 atom stereocenters. The maximum Gasteiger partial charge on any atom is 0.340 e. The summed E-state index contributed by atoms with van der Waals surface area (Å²) in [6.45, 7) is 6.36. The van der Waals surface area contributed by atoms with Crippen molar-refractivity contribution >= 4 is 33.8 Å². The number of furan rings is 1. The van der Waals surface area contributed by atoms with Gasteiger partial charge in [0, 0.05) is 29.9 Å². The second-order valence-electron chi connectivity index (χ2n) is 7.81. The van der Waals surface area contributed by atoms with E-state index in [1.54, 1.807) is 6.07 Å². The van der Waals surface area contributed by atoms with Crippen LogP contribution in [0.15, 0.2) is 25.8 Å². The van der Waals surface area contributed by atoms with Gasteiger partial charge in [0.05, 0.1) is 17.9 Å². The molecule has 1 aliphatic rings. The molecule has 1 saturated heterocycles. The number of hydrogen-bond donors (Lipinski definition) is 1. The maximum absolute atomic E-state index is 12.8. The molecule has 1 aliphatic heterocycles. The number of fused-ring (bicyclic) bond motifs is 2. The lowest BCUT2D eigenvalue weighted by atomic mass is 9.97. The number of likely N-dealkylation sites (tertiary alicyclic amines) is 1. The van der Waals surface area contributed by atoms with Gasteiger partial charge in [-0.1, -0.05) is 0 Å². The Hall–Kier alpha value is -3.09. The van der Waals surface area contributed by atoms with Crippen molar-refractivity contribution in [3.8, 4) is 0 Å². The quantitative estimate of drug-likeness (QED) is 0.681. The molecule has 0 bridgehead atoms. The highest BCUT2D eigenvalue weighted by Crippen LogP contribution is 2.31. The van der Waals surface area contributed by atoms with Gasteiger partial charge in [0.15, 0.2) is 0 Å². The number of carbonyl (C=O) groups excluding carboxylic acids is 1. The van der Waals surface area contributed by atoms with E-state index in [0.29, 0.717) is 41.7 Å². The zero-order valence-electron chi connectivity index (χ0n) is 16.7. The second-order valence-corrected chi connectivity index (χ2v) is 7.81. The molecule has 1 N–H and O–H groups in total. The number of aryl methyl sites for hydroxylation is 3. The zero-order valence-corrected chi connectivity index (χ0v) is 16.7. The van der Waals surface area contributed by atoms with Crippen LogP contribution in [0.25, 0.3) is 21.9 Å². The molecule has 0 spiro atoms.